The number of hydrogen-bond acceptors (Lipinski definition) is 6. The van der Waals surface area contributed by atoms with E-state index in [0.29, 0.717) is 29.4 Å². The molecule has 0 aliphatic rings. The average molecular weight is 400 g/mol. The number of nitrogens with one attached hydrogen (secondary N) is 1. The number of ether oxygens (including phenoxy) is 1. The van der Waals surface area contributed by atoms with Gasteiger partial charge in [-0.15, -0.1) is 0 Å². The van der Waals surface area contributed by atoms with Crippen molar-refractivity contribution in [2.75, 3.05) is 18.5 Å². The number of anilines is 1. The first-order valence-electron chi connectivity index (χ1n) is 8.62. The minimum atomic E-state index is -0.418. The fourth-order valence-corrected chi connectivity index (χ4v) is 2.92. The first-order chi connectivity index (χ1) is 13.4. The van der Waals surface area contributed by atoms with Crippen molar-refractivity contribution in [2.45, 2.75) is 13.3 Å². The number of ketones is 1. The Morgan fingerprint density at radius 2 is 1.96 bits per heavy atom. The Kier molecular flexibility index (Phi) is 6.06. The second-order valence-electron chi connectivity index (χ2n) is 6.26. The second-order valence-corrected chi connectivity index (χ2v) is 6.65. The standard InChI is InChI=1S/C20H18ClN3O4/c1-13(25)12-28-16-6-7-18-17(10-16)19(11-20(21)23-18)22-9-8-14-2-4-15(5-3-14)24(26)27/h2-7,10-11H,8-9,12H2,1H3,(H,22,23). The lowest BCUT2D eigenvalue weighted by atomic mass is 10.1. The summed E-state index contributed by atoms with van der Waals surface area (Å²) in [6.45, 7) is 2.08. The van der Waals surface area contributed by atoms with Gasteiger partial charge in [0.15, 0.2) is 5.78 Å². The third-order valence-electron chi connectivity index (χ3n) is 4.07. The van der Waals surface area contributed by atoms with E-state index in [-0.39, 0.29) is 18.1 Å². The molecule has 3 aromatic rings. The van der Waals surface area contributed by atoms with Crippen molar-refractivity contribution in [3.8, 4) is 5.75 Å². The molecule has 0 atom stereocenters. The van der Waals surface area contributed by atoms with Crippen LogP contribution in [0.3, 0.4) is 0 Å². The number of halogens is 1. The molecule has 1 N–H and O–H groups in total. The highest BCUT2D eigenvalue weighted by Crippen LogP contribution is 2.29. The van der Waals surface area contributed by atoms with Crippen LogP contribution in [-0.4, -0.2) is 28.8 Å². The van der Waals surface area contributed by atoms with E-state index in [1.165, 1.54) is 19.1 Å². The lowest BCUT2D eigenvalue weighted by Gasteiger charge is -2.12. The number of nitrogens with zero attached hydrogens (tertiary/aromatic N) is 2. The van der Waals surface area contributed by atoms with Crippen LogP contribution in [0, 0.1) is 10.1 Å². The Hall–Kier alpha value is -3.19. The summed E-state index contributed by atoms with van der Waals surface area (Å²) in [6.07, 6.45) is 0.681. The van der Waals surface area contributed by atoms with E-state index in [1.54, 1.807) is 30.3 Å². The number of fused-ring (bicyclic) bond motifs is 1. The van der Waals surface area contributed by atoms with Gasteiger partial charge in [-0.3, -0.25) is 14.9 Å². The van der Waals surface area contributed by atoms with Crippen molar-refractivity contribution in [3.05, 3.63) is 69.4 Å². The smallest absolute Gasteiger partial charge is 0.269 e. The first-order valence-corrected chi connectivity index (χ1v) is 9.00. The average Bonchev–Trinajstić information content (AvgIpc) is 2.66. The number of benzene rings is 2. The van der Waals surface area contributed by atoms with Gasteiger partial charge in [0.1, 0.15) is 17.5 Å². The summed E-state index contributed by atoms with van der Waals surface area (Å²) in [5.41, 5.74) is 2.56. The molecule has 0 spiro atoms. The quantitative estimate of drug-likeness (QED) is 0.342. The van der Waals surface area contributed by atoms with E-state index in [9.17, 15) is 14.9 Å². The molecule has 8 heteroatoms. The lowest BCUT2D eigenvalue weighted by molar-refractivity contribution is -0.384. The number of nitro groups is 1. The van der Waals surface area contributed by atoms with Crippen molar-refractivity contribution in [2.24, 2.45) is 0 Å². The van der Waals surface area contributed by atoms with E-state index >= 15 is 0 Å². The van der Waals surface area contributed by atoms with E-state index in [0.717, 1.165) is 16.6 Å². The van der Waals surface area contributed by atoms with Crippen LogP contribution in [0.25, 0.3) is 10.9 Å². The Morgan fingerprint density at radius 3 is 2.64 bits per heavy atom. The second kappa shape index (κ2) is 8.67. The third kappa shape index (κ3) is 4.95. The van der Waals surface area contributed by atoms with Crippen LogP contribution in [0.4, 0.5) is 11.4 Å². The maximum Gasteiger partial charge on any atom is 0.269 e. The molecule has 3 rings (SSSR count). The summed E-state index contributed by atoms with van der Waals surface area (Å²) in [4.78, 5) is 25.7. The van der Waals surface area contributed by atoms with Gasteiger partial charge in [0, 0.05) is 29.8 Å². The maximum absolute atomic E-state index is 11.1. The predicted octanol–water partition coefficient (Wildman–Crippen LogP) is 4.42. The molecule has 28 heavy (non-hydrogen) atoms. The first kappa shape index (κ1) is 19.6. The van der Waals surface area contributed by atoms with Gasteiger partial charge >= 0.3 is 0 Å². The summed E-state index contributed by atoms with van der Waals surface area (Å²) >= 11 is 6.12. The summed E-state index contributed by atoms with van der Waals surface area (Å²) in [6, 6.07) is 13.5. The molecule has 0 saturated heterocycles. The Labute approximate surface area is 166 Å². The lowest BCUT2D eigenvalue weighted by Crippen LogP contribution is -2.07. The number of aromatic nitrogens is 1. The number of rotatable bonds is 8. The number of carbonyl (C=O) groups excluding carboxylic acids is 1. The topological polar surface area (TPSA) is 94.4 Å². The van der Waals surface area contributed by atoms with Gasteiger partial charge in [0.2, 0.25) is 0 Å². The Morgan fingerprint density at radius 1 is 1.21 bits per heavy atom. The molecule has 0 unspecified atom stereocenters. The van der Waals surface area contributed by atoms with Gasteiger partial charge in [-0.2, -0.15) is 0 Å². The van der Waals surface area contributed by atoms with E-state index in [1.807, 2.05) is 6.07 Å². The van der Waals surface area contributed by atoms with E-state index in [2.05, 4.69) is 10.3 Å². The zero-order valence-corrected chi connectivity index (χ0v) is 15.9. The van der Waals surface area contributed by atoms with Crippen molar-refractivity contribution >= 4 is 39.7 Å². The number of nitro benzene ring substituents is 1. The van der Waals surface area contributed by atoms with Crippen LogP contribution in [0.2, 0.25) is 5.15 Å². The highest BCUT2D eigenvalue weighted by atomic mass is 35.5. The van der Waals surface area contributed by atoms with Crippen LogP contribution < -0.4 is 10.1 Å². The Balaban J connectivity index is 1.74. The summed E-state index contributed by atoms with van der Waals surface area (Å²) in [7, 11) is 0. The zero-order chi connectivity index (χ0) is 20.1. The summed E-state index contributed by atoms with van der Waals surface area (Å²) in [5.74, 6) is 0.515. The highest BCUT2D eigenvalue weighted by Gasteiger charge is 2.08. The molecule has 0 bridgehead atoms. The van der Waals surface area contributed by atoms with Crippen LogP contribution in [0.1, 0.15) is 12.5 Å². The molecule has 1 aromatic heterocycles. The number of pyridine rings is 1. The molecule has 0 aliphatic heterocycles. The van der Waals surface area contributed by atoms with Gasteiger partial charge in [0.25, 0.3) is 5.69 Å². The molecular weight excluding hydrogens is 382 g/mol. The molecule has 0 aliphatic carbocycles. The largest absolute Gasteiger partial charge is 0.486 e. The fraction of sp³-hybridized carbons (Fsp3) is 0.200. The van der Waals surface area contributed by atoms with E-state index in [4.69, 9.17) is 16.3 Å². The molecule has 0 radical (unpaired) electrons. The minimum Gasteiger partial charge on any atom is -0.486 e. The molecule has 7 nitrogen and oxygen atoms in total. The SMILES string of the molecule is CC(=O)COc1ccc2nc(Cl)cc(NCCc3ccc([N+](=O)[O-])cc3)c2c1. The highest BCUT2D eigenvalue weighted by molar-refractivity contribution is 6.30. The van der Waals surface area contributed by atoms with Crippen LogP contribution in [-0.2, 0) is 11.2 Å². The van der Waals surface area contributed by atoms with Crippen LogP contribution in [0.5, 0.6) is 5.75 Å². The van der Waals surface area contributed by atoms with Gasteiger partial charge < -0.3 is 10.1 Å². The van der Waals surface area contributed by atoms with E-state index < -0.39 is 4.92 Å². The third-order valence-corrected chi connectivity index (χ3v) is 4.26. The van der Waals surface area contributed by atoms with Crippen molar-refractivity contribution in [1.29, 1.82) is 0 Å². The van der Waals surface area contributed by atoms with Gasteiger partial charge in [-0.05, 0) is 43.2 Å². The van der Waals surface area contributed by atoms with Crippen molar-refractivity contribution < 1.29 is 14.5 Å². The van der Waals surface area contributed by atoms with Crippen molar-refractivity contribution in [1.82, 2.24) is 4.98 Å². The minimum absolute atomic E-state index is 0.00936. The predicted molar refractivity (Wildman–Crippen MR) is 108 cm³/mol. The van der Waals surface area contributed by atoms with Gasteiger partial charge in [0.05, 0.1) is 10.4 Å². The fourth-order valence-electron chi connectivity index (χ4n) is 2.72. The Bertz CT molecular complexity index is 1020. The number of Topliss-reactive ketones (excluding diaryl/α,β-unsaturated/α-hetero) is 1. The number of carbonyl (C=O) groups is 1. The van der Waals surface area contributed by atoms with Gasteiger partial charge in [-0.25, -0.2) is 4.98 Å². The monoisotopic (exact) mass is 399 g/mol. The number of non-ortho nitro benzene ring substituents is 1. The van der Waals surface area contributed by atoms with Crippen LogP contribution in [0.15, 0.2) is 48.5 Å². The molecule has 1 heterocycles. The maximum atomic E-state index is 11.1. The van der Waals surface area contributed by atoms with Crippen molar-refractivity contribution in [3.63, 3.8) is 0 Å². The summed E-state index contributed by atoms with van der Waals surface area (Å²) < 4.78 is 5.47. The molecule has 2 aromatic carbocycles. The normalized spacial score (nSPS) is 10.6. The molecular formula is C20H18ClN3O4. The molecule has 0 amide bonds. The molecule has 0 fully saturated rings. The van der Waals surface area contributed by atoms with Gasteiger partial charge in [-0.1, -0.05) is 23.7 Å². The van der Waals surface area contributed by atoms with Crippen LogP contribution >= 0.6 is 11.6 Å². The molecule has 144 valence electrons. The zero-order valence-electron chi connectivity index (χ0n) is 15.1. The summed E-state index contributed by atoms with van der Waals surface area (Å²) in [5, 5.41) is 15.2. The molecule has 0 saturated carbocycles. The number of hydrogen-bond donors (Lipinski definition) is 1.